The molecule has 0 saturated carbocycles. The van der Waals surface area contributed by atoms with Crippen LogP contribution in [0.15, 0.2) is 35.5 Å². The van der Waals surface area contributed by atoms with Crippen molar-refractivity contribution < 1.29 is 29.3 Å². The fourth-order valence-corrected chi connectivity index (χ4v) is 7.25. The fourth-order valence-electron chi connectivity index (χ4n) is 6.17. The molecule has 4 heterocycles. The minimum atomic E-state index is -1.17. The van der Waals surface area contributed by atoms with Crippen molar-refractivity contribution in [3.8, 4) is 11.3 Å². The molecule has 2 aliphatic rings. The van der Waals surface area contributed by atoms with Gasteiger partial charge in [0, 0.05) is 55.7 Å². The summed E-state index contributed by atoms with van der Waals surface area (Å²) >= 11 is 1.47. The molecule has 3 aromatic rings. The summed E-state index contributed by atoms with van der Waals surface area (Å²) in [6, 6.07) is 6.60. The minimum absolute atomic E-state index is 0.0473. The molecule has 0 aromatic carbocycles. The number of amides is 1. The maximum atomic E-state index is 12.3. The van der Waals surface area contributed by atoms with Crippen LogP contribution < -0.4 is 5.32 Å². The number of hydrogen-bond donors (Lipinski definition) is 3. The molecule has 0 saturated heterocycles. The van der Waals surface area contributed by atoms with Crippen molar-refractivity contribution in [3.05, 3.63) is 47.4 Å². The summed E-state index contributed by atoms with van der Waals surface area (Å²) < 4.78 is 13.6. The van der Waals surface area contributed by atoms with Crippen LogP contribution in [0.4, 0.5) is 4.79 Å². The number of aliphatic hydroxyl groups is 1. The summed E-state index contributed by atoms with van der Waals surface area (Å²) in [4.78, 5) is 39.0. The first-order chi connectivity index (χ1) is 20.8. The number of fused-ring (bicyclic) bond motifs is 5. The van der Waals surface area contributed by atoms with E-state index < -0.39 is 29.1 Å². The number of nitrogens with one attached hydrogen (secondary N) is 1. The fraction of sp³-hybridized carbons (Fsp3) is 0.531. The standard InChI is InChI=1S/C32H41N5O6S/c1-8-37-21-12-11-18(20-15-44-22(34-20)14-19(29(39)40)36-30(41)43-31(2,3)4)35-26(21)23-24(32(5,6)16-38)28(42-7)25-17(27(23)37)10-9-13-33-25/h9-13,19-20,24,28,38H,8,14-16H2,1-7H3,(H,36,41)(H,39,40)/t19-,20?,24?,28-/m0/s1. The number of thioether (sulfide) groups is 1. The summed E-state index contributed by atoms with van der Waals surface area (Å²) in [7, 11) is 1.68. The van der Waals surface area contributed by atoms with Crippen molar-refractivity contribution in [3.63, 3.8) is 0 Å². The molecule has 12 heteroatoms. The molecule has 0 spiro atoms. The average molecular weight is 624 g/mol. The number of carbonyl (C=O) groups is 2. The number of hydrogen-bond acceptors (Lipinski definition) is 9. The number of aliphatic imine (C=N–C) groups is 1. The van der Waals surface area contributed by atoms with E-state index in [0.29, 0.717) is 17.3 Å². The van der Waals surface area contributed by atoms with Crippen LogP contribution in [0.25, 0.3) is 22.3 Å². The van der Waals surface area contributed by atoms with Crippen LogP contribution in [0.1, 0.15) is 83.0 Å². The molecule has 2 unspecified atom stereocenters. The number of methoxy groups -OCH3 is 1. The monoisotopic (exact) mass is 623 g/mol. The minimum Gasteiger partial charge on any atom is -0.480 e. The smallest absolute Gasteiger partial charge is 0.408 e. The van der Waals surface area contributed by atoms with Crippen molar-refractivity contribution in [2.45, 2.75) is 84.2 Å². The molecule has 4 atom stereocenters. The van der Waals surface area contributed by atoms with Crippen molar-refractivity contribution >= 4 is 39.9 Å². The van der Waals surface area contributed by atoms with Crippen LogP contribution in [0.3, 0.4) is 0 Å². The summed E-state index contributed by atoms with van der Waals surface area (Å²) in [5.41, 5.74) is 5.21. The number of alkyl carbamates (subject to hydrolysis) is 1. The Morgan fingerprint density at radius 2 is 1.95 bits per heavy atom. The molecule has 3 aromatic heterocycles. The van der Waals surface area contributed by atoms with Crippen molar-refractivity contribution in [1.29, 1.82) is 0 Å². The van der Waals surface area contributed by atoms with Crippen LogP contribution in [0.2, 0.25) is 0 Å². The first-order valence-corrected chi connectivity index (χ1v) is 15.8. The number of rotatable bonds is 9. The highest BCUT2D eigenvalue weighted by Crippen LogP contribution is 2.56. The van der Waals surface area contributed by atoms with Crippen LogP contribution in [0.5, 0.6) is 0 Å². The van der Waals surface area contributed by atoms with Gasteiger partial charge in [0.1, 0.15) is 23.8 Å². The average Bonchev–Trinajstić information content (AvgIpc) is 3.57. The Morgan fingerprint density at radius 1 is 1.20 bits per heavy atom. The number of carboxylic acids is 1. The van der Waals surface area contributed by atoms with Gasteiger partial charge in [-0.25, -0.2) is 14.6 Å². The number of carboxylic acid groups (broad SMARTS) is 1. The number of nitrogens with zero attached hydrogens (tertiary/aromatic N) is 4. The third kappa shape index (κ3) is 5.94. The Bertz CT molecular complexity index is 1610. The molecule has 1 aliphatic carbocycles. The summed E-state index contributed by atoms with van der Waals surface area (Å²) in [5, 5.41) is 23.4. The predicted octanol–water partition coefficient (Wildman–Crippen LogP) is 5.48. The highest BCUT2D eigenvalue weighted by molar-refractivity contribution is 8.14. The number of carbonyl (C=O) groups excluding carboxylic acids is 1. The van der Waals surface area contributed by atoms with Crippen LogP contribution in [-0.2, 0) is 20.8 Å². The van der Waals surface area contributed by atoms with E-state index in [1.807, 2.05) is 26.0 Å². The molecule has 0 radical (unpaired) electrons. The van der Waals surface area contributed by atoms with E-state index >= 15 is 0 Å². The van der Waals surface area contributed by atoms with Gasteiger partial charge in [0.15, 0.2) is 0 Å². The Hall–Kier alpha value is -3.48. The van der Waals surface area contributed by atoms with E-state index in [2.05, 4.69) is 28.9 Å². The van der Waals surface area contributed by atoms with Crippen LogP contribution in [-0.4, -0.2) is 73.0 Å². The van der Waals surface area contributed by atoms with E-state index in [1.165, 1.54) is 11.8 Å². The van der Waals surface area contributed by atoms with Gasteiger partial charge in [0.2, 0.25) is 0 Å². The van der Waals surface area contributed by atoms with Gasteiger partial charge >= 0.3 is 12.1 Å². The number of aryl methyl sites for hydroxylation is 1. The summed E-state index contributed by atoms with van der Waals surface area (Å²) in [5.74, 6) is -0.780. The highest BCUT2D eigenvalue weighted by Gasteiger charge is 2.46. The topological polar surface area (TPSA) is 148 Å². The lowest BCUT2D eigenvalue weighted by molar-refractivity contribution is -0.139. The molecule has 1 aliphatic heterocycles. The maximum Gasteiger partial charge on any atom is 0.408 e. The van der Waals surface area contributed by atoms with Gasteiger partial charge in [0.25, 0.3) is 0 Å². The lowest BCUT2D eigenvalue weighted by Gasteiger charge is -2.41. The summed E-state index contributed by atoms with van der Waals surface area (Å²) in [6.45, 7) is 12.0. The maximum absolute atomic E-state index is 12.3. The van der Waals surface area contributed by atoms with Crippen LogP contribution in [0, 0.1) is 5.41 Å². The second kappa shape index (κ2) is 12.1. The Labute approximate surface area is 261 Å². The first kappa shape index (κ1) is 31.9. The Balaban J connectivity index is 1.54. The largest absolute Gasteiger partial charge is 0.480 e. The number of ether oxygens (including phenoxy) is 2. The Morgan fingerprint density at radius 3 is 2.59 bits per heavy atom. The van der Waals surface area contributed by atoms with Gasteiger partial charge in [-0.1, -0.05) is 13.8 Å². The highest BCUT2D eigenvalue weighted by atomic mass is 32.2. The molecular weight excluding hydrogens is 582 g/mol. The van der Waals surface area contributed by atoms with E-state index in [1.54, 1.807) is 34.1 Å². The number of aromatic nitrogens is 3. The lowest BCUT2D eigenvalue weighted by atomic mass is 9.67. The zero-order chi connectivity index (χ0) is 32.0. The van der Waals surface area contributed by atoms with E-state index in [4.69, 9.17) is 24.4 Å². The normalized spacial score (nSPS) is 20.5. The van der Waals surface area contributed by atoms with Gasteiger partial charge in [-0.3, -0.25) is 9.98 Å². The SMILES string of the molecule is CCn1c2c(c3nc(C4CSC(C[C@H](NC(=O)OC(C)(C)C)C(=O)O)=N4)ccc31)C(C(C)(C)CO)[C@H](OC)c1ncccc1-2. The van der Waals surface area contributed by atoms with E-state index in [-0.39, 0.29) is 31.1 Å². The molecule has 1 amide bonds. The van der Waals surface area contributed by atoms with E-state index in [9.17, 15) is 19.8 Å². The van der Waals surface area contributed by atoms with Gasteiger partial charge in [0.05, 0.1) is 33.2 Å². The zero-order valence-electron chi connectivity index (χ0n) is 26.2. The second-order valence-electron chi connectivity index (χ2n) is 12.9. The second-order valence-corrected chi connectivity index (χ2v) is 14.0. The molecule has 5 rings (SSSR count). The molecule has 236 valence electrons. The zero-order valence-corrected chi connectivity index (χ0v) is 27.1. The molecular formula is C32H41N5O6S. The first-order valence-electron chi connectivity index (χ1n) is 14.8. The van der Waals surface area contributed by atoms with Gasteiger partial charge in [-0.2, -0.15) is 0 Å². The number of pyridine rings is 2. The predicted molar refractivity (Wildman–Crippen MR) is 170 cm³/mol. The summed E-state index contributed by atoms with van der Waals surface area (Å²) in [6.07, 6.45) is 0.665. The van der Waals surface area contributed by atoms with Gasteiger partial charge < -0.3 is 29.6 Å². The van der Waals surface area contributed by atoms with Gasteiger partial charge in [-0.15, -0.1) is 11.8 Å². The number of aliphatic hydroxyl groups excluding tert-OH is 1. The van der Waals surface area contributed by atoms with Gasteiger partial charge in [-0.05, 0) is 57.4 Å². The third-order valence-electron chi connectivity index (χ3n) is 8.18. The molecule has 44 heavy (non-hydrogen) atoms. The molecule has 11 nitrogen and oxygen atoms in total. The van der Waals surface area contributed by atoms with E-state index in [0.717, 1.165) is 39.2 Å². The van der Waals surface area contributed by atoms with Crippen LogP contribution >= 0.6 is 11.8 Å². The Kier molecular flexibility index (Phi) is 8.80. The molecule has 0 bridgehead atoms. The lowest BCUT2D eigenvalue weighted by Crippen LogP contribution is -2.44. The molecule has 0 fully saturated rings. The quantitative estimate of drug-likeness (QED) is 0.282. The third-order valence-corrected chi connectivity index (χ3v) is 9.27. The number of aliphatic carboxylic acids is 1. The van der Waals surface area contributed by atoms with Crippen molar-refractivity contribution in [1.82, 2.24) is 19.9 Å². The molecule has 3 N–H and O–H groups in total. The van der Waals surface area contributed by atoms with Crippen molar-refractivity contribution in [2.24, 2.45) is 10.4 Å². The van der Waals surface area contributed by atoms with Crippen molar-refractivity contribution in [2.75, 3.05) is 19.5 Å².